The van der Waals surface area contributed by atoms with E-state index in [-0.39, 0.29) is 6.61 Å². The molecule has 0 bridgehead atoms. The summed E-state index contributed by atoms with van der Waals surface area (Å²) in [6.45, 7) is 3.32. The molecular weight excluding hydrogens is 154 g/mol. The van der Waals surface area contributed by atoms with E-state index in [9.17, 15) is 8.42 Å². The summed E-state index contributed by atoms with van der Waals surface area (Å²) in [5.41, 5.74) is 0. The van der Waals surface area contributed by atoms with Crippen LogP contribution in [0.2, 0.25) is 0 Å². The average molecular weight is 163 g/mol. The van der Waals surface area contributed by atoms with Gasteiger partial charge in [-0.2, -0.15) is 8.42 Å². The number of nitrogens with two attached hydrogens (primary N) is 1. The Morgan fingerprint density at radius 2 is 2.20 bits per heavy atom. The number of hydrogen-bond donors (Lipinski definition) is 1. The molecule has 0 aromatic rings. The Balaban J connectivity index is 3.57. The first-order chi connectivity index (χ1) is 4.56. The van der Waals surface area contributed by atoms with Crippen LogP contribution in [0.3, 0.4) is 0 Å². The van der Waals surface area contributed by atoms with Gasteiger partial charge in [-0.05, 0) is 0 Å². The molecule has 0 saturated carbocycles. The maximum absolute atomic E-state index is 10.1. The summed E-state index contributed by atoms with van der Waals surface area (Å²) in [6, 6.07) is 0. The molecule has 0 fully saturated rings. The molecule has 0 heterocycles. The number of hydrogen-bond acceptors (Lipinski definition) is 3. The fourth-order valence-electron chi connectivity index (χ4n) is 0.286. The van der Waals surface area contributed by atoms with Gasteiger partial charge >= 0.3 is 10.3 Å². The second kappa shape index (κ2) is 4.21. The third-order valence-electron chi connectivity index (χ3n) is 0.601. The molecular formula is C5H9NO3S. The first-order valence-electron chi connectivity index (χ1n) is 2.51. The third-order valence-corrected chi connectivity index (χ3v) is 1.07. The van der Waals surface area contributed by atoms with E-state index in [4.69, 9.17) is 0 Å². The first-order valence-corrected chi connectivity index (χ1v) is 3.98. The Morgan fingerprint density at radius 1 is 1.60 bits per heavy atom. The monoisotopic (exact) mass is 163 g/mol. The van der Waals surface area contributed by atoms with Crippen LogP contribution in [-0.4, -0.2) is 15.0 Å². The maximum atomic E-state index is 10.1. The minimum Gasteiger partial charge on any atom is -0.254 e. The first kappa shape index (κ1) is 9.35. The van der Waals surface area contributed by atoms with E-state index < -0.39 is 10.3 Å². The molecule has 0 aliphatic rings. The van der Waals surface area contributed by atoms with Gasteiger partial charge in [-0.1, -0.05) is 24.8 Å². The van der Waals surface area contributed by atoms with Crippen molar-refractivity contribution in [3.05, 3.63) is 24.8 Å². The summed E-state index contributed by atoms with van der Waals surface area (Å²) in [6.07, 6.45) is 4.55. The Hall–Kier alpha value is -0.650. The van der Waals surface area contributed by atoms with Gasteiger partial charge in [-0.15, -0.1) is 0 Å². The number of allylic oxidation sites excluding steroid dienone is 2. The van der Waals surface area contributed by atoms with E-state index in [1.54, 1.807) is 6.08 Å². The van der Waals surface area contributed by atoms with E-state index in [0.29, 0.717) is 0 Å². The zero-order chi connectivity index (χ0) is 8.04. The Morgan fingerprint density at radius 3 is 2.60 bits per heavy atom. The summed E-state index contributed by atoms with van der Waals surface area (Å²) in [7, 11) is -3.79. The van der Waals surface area contributed by atoms with Crippen LogP contribution in [0.1, 0.15) is 0 Å². The highest BCUT2D eigenvalue weighted by atomic mass is 32.2. The summed E-state index contributed by atoms with van der Waals surface area (Å²) < 4.78 is 24.3. The Labute approximate surface area is 60.2 Å². The molecule has 0 aliphatic heterocycles. The molecule has 5 heteroatoms. The molecule has 0 aromatic heterocycles. The lowest BCUT2D eigenvalue weighted by atomic mass is 10.5. The van der Waals surface area contributed by atoms with Gasteiger partial charge in [-0.25, -0.2) is 5.14 Å². The lowest BCUT2D eigenvalue weighted by molar-refractivity contribution is 0.358. The highest BCUT2D eigenvalue weighted by molar-refractivity contribution is 7.84. The van der Waals surface area contributed by atoms with Crippen LogP contribution in [-0.2, 0) is 14.5 Å². The molecule has 10 heavy (non-hydrogen) atoms. The molecule has 0 spiro atoms. The predicted molar refractivity (Wildman–Crippen MR) is 38.4 cm³/mol. The largest absolute Gasteiger partial charge is 0.333 e. The predicted octanol–water partition coefficient (Wildman–Crippen LogP) is -0.0513. The molecule has 0 radical (unpaired) electrons. The quantitative estimate of drug-likeness (QED) is 0.591. The highest BCUT2D eigenvalue weighted by Crippen LogP contribution is 1.82. The second-order valence-corrected chi connectivity index (χ2v) is 2.66. The lowest BCUT2D eigenvalue weighted by Crippen LogP contribution is -2.15. The van der Waals surface area contributed by atoms with E-state index in [2.05, 4.69) is 15.9 Å². The molecule has 0 aliphatic carbocycles. The van der Waals surface area contributed by atoms with Crippen LogP contribution in [0.25, 0.3) is 0 Å². The molecule has 2 N–H and O–H groups in total. The highest BCUT2D eigenvalue weighted by Gasteiger charge is 1.96. The summed E-state index contributed by atoms with van der Waals surface area (Å²) in [4.78, 5) is 0. The summed E-state index contributed by atoms with van der Waals surface area (Å²) in [5.74, 6) is 0. The fraction of sp³-hybridized carbons (Fsp3) is 0.200. The van der Waals surface area contributed by atoms with Gasteiger partial charge in [-0.3, -0.25) is 4.18 Å². The molecule has 0 unspecified atom stereocenters. The van der Waals surface area contributed by atoms with Crippen molar-refractivity contribution in [2.45, 2.75) is 0 Å². The zero-order valence-electron chi connectivity index (χ0n) is 5.36. The van der Waals surface area contributed by atoms with Crippen molar-refractivity contribution in [1.29, 1.82) is 0 Å². The van der Waals surface area contributed by atoms with Crippen molar-refractivity contribution in [3.8, 4) is 0 Å². The van der Waals surface area contributed by atoms with Gasteiger partial charge in [0.1, 0.15) is 0 Å². The smallest absolute Gasteiger partial charge is 0.254 e. The molecule has 0 aromatic carbocycles. The average Bonchev–Trinajstić information content (AvgIpc) is 1.78. The summed E-state index contributed by atoms with van der Waals surface area (Å²) in [5, 5.41) is 4.51. The van der Waals surface area contributed by atoms with Crippen molar-refractivity contribution < 1.29 is 12.6 Å². The van der Waals surface area contributed by atoms with Crippen LogP contribution in [0.15, 0.2) is 24.8 Å². The Kier molecular flexibility index (Phi) is 3.94. The third kappa shape index (κ3) is 7.35. The van der Waals surface area contributed by atoms with E-state index in [1.807, 2.05) is 0 Å². The fourth-order valence-corrected chi connectivity index (χ4v) is 0.554. The summed E-state index contributed by atoms with van der Waals surface area (Å²) >= 11 is 0. The molecule has 0 amide bonds. The van der Waals surface area contributed by atoms with Crippen molar-refractivity contribution in [3.63, 3.8) is 0 Å². The van der Waals surface area contributed by atoms with Crippen molar-refractivity contribution in [2.75, 3.05) is 6.61 Å². The molecule has 0 atom stereocenters. The van der Waals surface area contributed by atoms with E-state index in [1.165, 1.54) is 12.2 Å². The van der Waals surface area contributed by atoms with Crippen LogP contribution >= 0.6 is 0 Å². The van der Waals surface area contributed by atoms with Gasteiger partial charge in [0.05, 0.1) is 6.61 Å². The van der Waals surface area contributed by atoms with Gasteiger partial charge < -0.3 is 0 Å². The van der Waals surface area contributed by atoms with Crippen LogP contribution < -0.4 is 5.14 Å². The van der Waals surface area contributed by atoms with E-state index in [0.717, 1.165) is 0 Å². The normalized spacial score (nSPS) is 12.1. The van der Waals surface area contributed by atoms with Crippen molar-refractivity contribution in [2.24, 2.45) is 5.14 Å². The number of rotatable bonds is 4. The topological polar surface area (TPSA) is 69.4 Å². The van der Waals surface area contributed by atoms with Gasteiger partial charge in [0, 0.05) is 0 Å². The Bertz CT molecular complexity index is 217. The molecule has 4 nitrogen and oxygen atoms in total. The zero-order valence-corrected chi connectivity index (χ0v) is 6.17. The van der Waals surface area contributed by atoms with Crippen LogP contribution in [0.4, 0.5) is 0 Å². The molecule has 0 saturated heterocycles. The maximum Gasteiger partial charge on any atom is 0.333 e. The van der Waals surface area contributed by atoms with Gasteiger partial charge in [0.25, 0.3) is 0 Å². The second-order valence-electron chi connectivity index (χ2n) is 1.44. The molecule has 58 valence electrons. The van der Waals surface area contributed by atoms with E-state index >= 15 is 0 Å². The minimum atomic E-state index is -3.79. The van der Waals surface area contributed by atoms with Crippen LogP contribution in [0, 0.1) is 0 Å². The minimum absolute atomic E-state index is 0.0507. The van der Waals surface area contributed by atoms with Crippen molar-refractivity contribution >= 4 is 10.3 Å². The van der Waals surface area contributed by atoms with Crippen LogP contribution in [0.5, 0.6) is 0 Å². The van der Waals surface area contributed by atoms with Crippen molar-refractivity contribution in [1.82, 2.24) is 0 Å². The van der Waals surface area contributed by atoms with Gasteiger partial charge in [0.2, 0.25) is 0 Å². The molecule has 0 rings (SSSR count). The standard InChI is InChI=1S/C5H9NO3S/c1-2-3-4-5-9-10(6,7)8/h2-4H,1,5H2,(H2,6,7,8). The lowest BCUT2D eigenvalue weighted by Gasteiger charge is -1.92. The SMILES string of the molecule is C=CC=CCOS(N)(=O)=O. The van der Waals surface area contributed by atoms with Gasteiger partial charge in [0.15, 0.2) is 0 Å².